The predicted molar refractivity (Wildman–Crippen MR) is 158 cm³/mol. The van der Waals surface area contributed by atoms with Gasteiger partial charge in [-0.2, -0.15) is 0 Å². The van der Waals surface area contributed by atoms with Gasteiger partial charge in [-0.1, -0.05) is 51.1 Å². The zero-order chi connectivity index (χ0) is 28.6. The van der Waals surface area contributed by atoms with Crippen molar-refractivity contribution >= 4 is 34.7 Å². The second-order valence-electron chi connectivity index (χ2n) is 10.2. The van der Waals surface area contributed by atoms with Gasteiger partial charge in [0.1, 0.15) is 11.8 Å². The van der Waals surface area contributed by atoms with Crippen molar-refractivity contribution in [2.75, 3.05) is 18.6 Å². The summed E-state index contributed by atoms with van der Waals surface area (Å²) in [5, 5.41) is 7.64. The molecule has 0 aliphatic rings. The number of hydrogen-bond acceptors (Lipinski definition) is 5. The van der Waals surface area contributed by atoms with Crippen molar-refractivity contribution in [3.8, 4) is 5.75 Å². The Morgan fingerprint density at radius 3 is 2.31 bits per heavy atom. The summed E-state index contributed by atoms with van der Waals surface area (Å²) in [4.78, 5) is 42.5. The first-order valence-corrected chi connectivity index (χ1v) is 14.2. The number of hydrogen-bond donors (Lipinski definition) is 2. The minimum absolute atomic E-state index is 0.269. The summed E-state index contributed by atoms with van der Waals surface area (Å²) < 4.78 is 5.44. The molecule has 1 aromatic heterocycles. The lowest BCUT2D eigenvalue weighted by molar-refractivity contribution is -0.127. The number of benzene rings is 2. The molecule has 0 bridgehead atoms. The number of anilines is 1. The number of nitrogens with one attached hydrogen (secondary N) is 2. The van der Waals surface area contributed by atoms with Gasteiger partial charge in [-0.05, 0) is 79.4 Å². The molecule has 3 aromatic rings. The number of methoxy groups -OCH3 is 1. The van der Waals surface area contributed by atoms with Crippen LogP contribution in [-0.2, 0) is 9.59 Å². The average Bonchev–Trinajstić information content (AvgIpc) is 3.49. The molecule has 1 heterocycles. The topological polar surface area (TPSA) is 87.7 Å². The van der Waals surface area contributed by atoms with Gasteiger partial charge in [-0.3, -0.25) is 19.3 Å². The quantitative estimate of drug-likeness (QED) is 0.287. The minimum atomic E-state index is -0.994. The fourth-order valence-corrected chi connectivity index (χ4v) is 4.73. The number of nitrogens with zero attached hydrogens (tertiary/aromatic N) is 1. The van der Waals surface area contributed by atoms with E-state index in [1.165, 1.54) is 16.2 Å². The molecule has 0 radical (unpaired) electrons. The third-order valence-corrected chi connectivity index (χ3v) is 7.90. The van der Waals surface area contributed by atoms with Crippen LogP contribution in [-0.4, -0.2) is 36.9 Å². The van der Waals surface area contributed by atoms with E-state index in [0.717, 1.165) is 12.0 Å². The van der Waals surface area contributed by atoms with Gasteiger partial charge >= 0.3 is 0 Å². The van der Waals surface area contributed by atoms with E-state index in [-0.39, 0.29) is 18.4 Å². The molecular formula is C31H39N3O4S. The van der Waals surface area contributed by atoms with Crippen LogP contribution in [0.4, 0.5) is 5.69 Å². The highest BCUT2D eigenvalue weighted by molar-refractivity contribution is 7.12. The van der Waals surface area contributed by atoms with Crippen LogP contribution in [0.3, 0.4) is 0 Å². The Morgan fingerprint density at radius 2 is 1.72 bits per heavy atom. The first-order valence-electron chi connectivity index (χ1n) is 13.3. The summed E-state index contributed by atoms with van der Waals surface area (Å²) >= 11 is 1.30. The monoisotopic (exact) mass is 549 g/mol. The molecule has 0 saturated heterocycles. The normalized spacial score (nSPS) is 12.8. The molecular weight excluding hydrogens is 510 g/mol. The van der Waals surface area contributed by atoms with E-state index in [4.69, 9.17) is 4.74 Å². The Kier molecular flexibility index (Phi) is 10.3. The summed E-state index contributed by atoms with van der Waals surface area (Å²) in [6.07, 6.45) is 1.69. The molecule has 2 atom stereocenters. The van der Waals surface area contributed by atoms with Crippen LogP contribution in [0.15, 0.2) is 66.0 Å². The molecule has 208 valence electrons. The summed E-state index contributed by atoms with van der Waals surface area (Å²) in [6.45, 7) is 9.90. The summed E-state index contributed by atoms with van der Waals surface area (Å²) in [7, 11) is 1.56. The summed E-state index contributed by atoms with van der Waals surface area (Å²) in [5.41, 5.74) is 1.82. The SMILES string of the molecule is CC[C@H](C)c1ccc(N(C(=O)CNC(=O)c2cccs2)[C@H](C(=O)NC(C)(C)CC)c2cccc(OC)c2)cc1. The number of carbonyl (C=O) groups excluding carboxylic acids is 3. The van der Waals surface area contributed by atoms with Gasteiger partial charge in [0.2, 0.25) is 11.8 Å². The van der Waals surface area contributed by atoms with E-state index < -0.39 is 17.5 Å². The Balaban J connectivity index is 2.08. The number of carbonyl (C=O) groups is 3. The molecule has 0 aliphatic carbocycles. The molecule has 0 fully saturated rings. The molecule has 0 saturated carbocycles. The molecule has 7 nitrogen and oxygen atoms in total. The van der Waals surface area contributed by atoms with E-state index in [1.54, 1.807) is 42.8 Å². The minimum Gasteiger partial charge on any atom is -0.497 e. The molecule has 0 spiro atoms. The molecule has 2 N–H and O–H groups in total. The lowest BCUT2D eigenvalue weighted by Gasteiger charge is -2.35. The molecule has 0 unspecified atom stereocenters. The lowest BCUT2D eigenvalue weighted by atomic mass is 9.96. The zero-order valence-corrected chi connectivity index (χ0v) is 24.4. The van der Waals surface area contributed by atoms with Gasteiger partial charge in [0.15, 0.2) is 0 Å². The number of ether oxygens (including phenoxy) is 1. The fourth-order valence-electron chi connectivity index (χ4n) is 4.09. The molecule has 0 aliphatic heterocycles. The van der Waals surface area contributed by atoms with Gasteiger partial charge in [-0.25, -0.2) is 0 Å². The summed E-state index contributed by atoms with van der Waals surface area (Å²) in [6, 6.07) is 17.4. The van der Waals surface area contributed by atoms with Crippen LogP contribution in [0.1, 0.15) is 80.2 Å². The Labute approximate surface area is 235 Å². The average molecular weight is 550 g/mol. The maximum Gasteiger partial charge on any atom is 0.261 e. The standard InChI is InChI=1S/C31H39N3O4S/c1-7-21(3)22-14-16-24(17-15-22)34(27(35)20-32-29(36)26-13-10-18-39-26)28(30(37)33-31(4,5)8-2)23-11-9-12-25(19-23)38-6/h9-19,21,28H,7-8,20H2,1-6H3,(H,32,36)(H,33,37)/t21-,28-/m0/s1. The van der Waals surface area contributed by atoms with Crippen LogP contribution in [0, 0.1) is 0 Å². The van der Waals surface area contributed by atoms with Gasteiger partial charge < -0.3 is 15.4 Å². The Bertz CT molecular complexity index is 1260. The molecule has 39 heavy (non-hydrogen) atoms. The second-order valence-corrected chi connectivity index (χ2v) is 11.2. The summed E-state index contributed by atoms with van der Waals surface area (Å²) in [5.74, 6) is -0.130. The van der Waals surface area contributed by atoms with Crippen molar-refractivity contribution in [3.05, 3.63) is 82.0 Å². The van der Waals surface area contributed by atoms with E-state index >= 15 is 0 Å². The van der Waals surface area contributed by atoms with Crippen molar-refractivity contribution in [1.82, 2.24) is 10.6 Å². The maximum atomic E-state index is 14.0. The van der Waals surface area contributed by atoms with Crippen molar-refractivity contribution in [2.45, 2.75) is 65.0 Å². The first-order chi connectivity index (χ1) is 18.6. The smallest absolute Gasteiger partial charge is 0.261 e. The van der Waals surface area contributed by atoms with Crippen LogP contribution >= 0.6 is 11.3 Å². The largest absolute Gasteiger partial charge is 0.497 e. The van der Waals surface area contributed by atoms with Crippen molar-refractivity contribution < 1.29 is 19.1 Å². The molecule has 2 aromatic carbocycles. The number of thiophene rings is 1. The number of amides is 3. The number of rotatable bonds is 12. The highest BCUT2D eigenvalue weighted by Crippen LogP contribution is 2.32. The molecule has 8 heteroatoms. The highest BCUT2D eigenvalue weighted by Gasteiger charge is 2.35. The van der Waals surface area contributed by atoms with Crippen molar-refractivity contribution in [1.29, 1.82) is 0 Å². The van der Waals surface area contributed by atoms with Crippen LogP contribution in [0.25, 0.3) is 0 Å². The van der Waals surface area contributed by atoms with Crippen LogP contribution < -0.4 is 20.3 Å². The van der Waals surface area contributed by atoms with Gasteiger partial charge in [0.05, 0.1) is 18.5 Å². The second kappa shape index (κ2) is 13.4. The van der Waals surface area contributed by atoms with Crippen molar-refractivity contribution in [2.24, 2.45) is 0 Å². The van der Waals surface area contributed by atoms with E-state index in [0.29, 0.717) is 34.2 Å². The lowest BCUT2D eigenvalue weighted by Crippen LogP contribution is -2.52. The van der Waals surface area contributed by atoms with E-state index in [1.807, 2.05) is 51.1 Å². The molecule has 3 amide bonds. The third-order valence-electron chi connectivity index (χ3n) is 7.03. The van der Waals surface area contributed by atoms with E-state index in [9.17, 15) is 14.4 Å². The predicted octanol–water partition coefficient (Wildman–Crippen LogP) is 6.08. The first kappa shape index (κ1) is 29.9. The van der Waals surface area contributed by atoms with Crippen LogP contribution in [0.2, 0.25) is 0 Å². The van der Waals surface area contributed by atoms with Gasteiger partial charge in [-0.15, -0.1) is 11.3 Å². The zero-order valence-electron chi connectivity index (χ0n) is 23.6. The Morgan fingerprint density at radius 1 is 1.00 bits per heavy atom. The highest BCUT2D eigenvalue weighted by atomic mass is 32.1. The van der Waals surface area contributed by atoms with Crippen LogP contribution in [0.5, 0.6) is 5.75 Å². The Hall–Kier alpha value is -3.65. The van der Waals surface area contributed by atoms with Gasteiger partial charge in [0, 0.05) is 11.2 Å². The third kappa shape index (κ3) is 7.69. The van der Waals surface area contributed by atoms with E-state index in [2.05, 4.69) is 24.5 Å². The fraction of sp³-hybridized carbons (Fsp3) is 0.387. The maximum absolute atomic E-state index is 14.0. The van der Waals surface area contributed by atoms with Crippen molar-refractivity contribution in [3.63, 3.8) is 0 Å². The van der Waals surface area contributed by atoms with Gasteiger partial charge in [0.25, 0.3) is 5.91 Å². The molecule has 3 rings (SSSR count).